The predicted molar refractivity (Wildman–Crippen MR) is 95.5 cm³/mol. The van der Waals surface area contributed by atoms with Gasteiger partial charge in [0.15, 0.2) is 0 Å². The van der Waals surface area contributed by atoms with Crippen LogP contribution in [0.1, 0.15) is 5.56 Å². The Balaban J connectivity index is 1.90. The molecule has 0 aliphatic carbocycles. The van der Waals surface area contributed by atoms with E-state index in [9.17, 15) is 17.2 Å². The molecule has 0 bridgehead atoms. The number of halogens is 2. The van der Waals surface area contributed by atoms with Crippen LogP contribution in [0.4, 0.5) is 8.78 Å². The summed E-state index contributed by atoms with van der Waals surface area (Å²) in [5.41, 5.74) is 0.727. The Labute approximate surface area is 150 Å². The third-order valence-electron chi connectivity index (χ3n) is 4.10. The second kappa shape index (κ2) is 7.01. The van der Waals surface area contributed by atoms with Crippen LogP contribution < -0.4 is 4.74 Å². The number of hydrogen-bond donors (Lipinski definition) is 0. The second-order valence-corrected chi connectivity index (χ2v) is 7.90. The van der Waals surface area contributed by atoms with Crippen molar-refractivity contribution < 1.29 is 21.9 Å². The Morgan fingerprint density at radius 3 is 2.38 bits per heavy atom. The van der Waals surface area contributed by atoms with Crippen molar-refractivity contribution in [3.8, 4) is 5.75 Å². The number of sulfonamides is 1. The van der Waals surface area contributed by atoms with Gasteiger partial charge in [-0.05, 0) is 52.7 Å². The van der Waals surface area contributed by atoms with Crippen molar-refractivity contribution in [3.63, 3.8) is 0 Å². The van der Waals surface area contributed by atoms with E-state index in [1.165, 1.54) is 7.05 Å². The van der Waals surface area contributed by atoms with Gasteiger partial charge in [0.2, 0.25) is 10.0 Å². The summed E-state index contributed by atoms with van der Waals surface area (Å²) in [6, 6.07) is 13.4. The third kappa shape index (κ3) is 3.54. The van der Waals surface area contributed by atoms with Crippen LogP contribution in [-0.4, -0.2) is 26.9 Å². The van der Waals surface area contributed by atoms with Crippen molar-refractivity contribution in [3.05, 3.63) is 71.8 Å². The molecule has 0 amide bonds. The van der Waals surface area contributed by atoms with Gasteiger partial charge in [0.25, 0.3) is 0 Å². The van der Waals surface area contributed by atoms with Crippen LogP contribution in [0.2, 0.25) is 0 Å². The van der Waals surface area contributed by atoms with E-state index in [0.29, 0.717) is 6.07 Å². The van der Waals surface area contributed by atoms with E-state index in [1.54, 1.807) is 13.2 Å². The molecule has 0 saturated heterocycles. The summed E-state index contributed by atoms with van der Waals surface area (Å²) in [5, 5.41) is 1.88. The van der Waals surface area contributed by atoms with Gasteiger partial charge in [-0.15, -0.1) is 0 Å². The van der Waals surface area contributed by atoms with E-state index < -0.39 is 26.6 Å². The number of ether oxygens (including phenoxy) is 1. The molecule has 0 spiro atoms. The fourth-order valence-corrected chi connectivity index (χ4v) is 3.91. The van der Waals surface area contributed by atoms with Crippen LogP contribution in [0.5, 0.6) is 5.75 Å². The molecule has 7 heteroatoms. The summed E-state index contributed by atoms with van der Waals surface area (Å²) >= 11 is 0. The average molecular weight is 377 g/mol. The molecule has 3 aromatic carbocycles. The largest absolute Gasteiger partial charge is 0.497 e. The summed E-state index contributed by atoms with van der Waals surface area (Å²) < 4.78 is 58.5. The first-order chi connectivity index (χ1) is 12.3. The Morgan fingerprint density at radius 2 is 1.65 bits per heavy atom. The summed E-state index contributed by atoms with van der Waals surface area (Å²) in [6.45, 7) is 0.0280. The summed E-state index contributed by atoms with van der Waals surface area (Å²) in [5.74, 6) is -1.06. The number of methoxy groups -OCH3 is 1. The Hall–Kier alpha value is -2.51. The highest BCUT2D eigenvalue weighted by atomic mass is 32.2. The van der Waals surface area contributed by atoms with Gasteiger partial charge >= 0.3 is 0 Å². The van der Waals surface area contributed by atoms with Crippen LogP contribution in [0.3, 0.4) is 0 Å². The van der Waals surface area contributed by atoms with E-state index in [1.807, 2.05) is 30.3 Å². The molecule has 3 rings (SSSR count). The fourth-order valence-electron chi connectivity index (χ4n) is 2.68. The first kappa shape index (κ1) is 18.3. The van der Waals surface area contributed by atoms with E-state index in [4.69, 9.17) is 4.74 Å². The maximum absolute atomic E-state index is 13.9. The Morgan fingerprint density at radius 1 is 0.962 bits per heavy atom. The van der Waals surface area contributed by atoms with Crippen molar-refractivity contribution in [2.45, 2.75) is 11.4 Å². The molecule has 136 valence electrons. The SMILES string of the molecule is COc1ccc2cc(CN(C)S(=O)(=O)c3cc(F)ccc3F)ccc2c1. The van der Waals surface area contributed by atoms with Crippen molar-refractivity contribution in [2.24, 2.45) is 0 Å². The van der Waals surface area contributed by atoms with Gasteiger partial charge in [-0.25, -0.2) is 17.2 Å². The molecule has 0 atom stereocenters. The number of rotatable bonds is 5. The first-order valence-corrected chi connectivity index (χ1v) is 9.23. The minimum atomic E-state index is -4.16. The minimum Gasteiger partial charge on any atom is -0.497 e. The summed E-state index contributed by atoms with van der Waals surface area (Å²) in [7, 11) is -1.24. The molecule has 0 aliphatic heterocycles. The van der Waals surface area contributed by atoms with E-state index in [0.717, 1.165) is 38.5 Å². The van der Waals surface area contributed by atoms with Crippen molar-refractivity contribution in [1.29, 1.82) is 0 Å². The van der Waals surface area contributed by atoms with E-state index in [2.05, 4.69) is 0 Å². The fraction of sp³-hybridized carbons (Fsp3) is 0.158. The van der Waals surface area contributed by atoms with Gasteiger partial charge in [-0.1, -0.05) is 18.2 Å². The minimum absolute atomic E-state index is 0.0280. The molecular weight excluding hydrogens is 360 g/mol. The maximum Gasteiger partial charge on any atom is 0.246 e. The maximum atomic E-state index is 13.9. The lowest BCUT2D eigenvalue weighted by atomic mass is 10.1. The summed E-state index contributed by atoms with van der Waals surface area (Å²) in [6.07, 6.45) is 0. The number of nitrogens with zero attached hydrogens (tertiary/aromatic N) is 1. The molecule has 3 aromatic rings. The van der Waals surface area contributed by atoms with Gasteiger partial charge in [-0.2, -0.15) is 4.31 Å². The van der Waals surface area contributed by atoms with Gasteiger partial charge in [0.05, 0.1) is 7.11 Å². The van der Waals surface area contributed by atoms with Gasteiger partial charge in [-0.3, -0.25) is 0 Å². The molecule has 0 radical (unpaired) electrons. The standard InChI is InChI=1S/C19H17F2NO3S/c1-22(26(23,24)19-11-16(20)6-8-18(19)21)12-13-3-4-15-10-17(25-2)7-5-14(15)9-13/h3-11H,12H2,1-2H3. The van der Waals surface area contributed by atoms with E-state index in [-0.39, 0.29) is 6.54 Å². The third-order valence-corrected chi connectivity index (χ3v) is 5.92. The average Bonchev–Trinajstić information content (AvgIpc) is 2.63. The van der Waals surface area contributed by atoms with Gasteiger partial charge in [0.1, 0.15) is 22.3 Å². The zero-order valence-corrected chi connectivity index (χ0v) is 15.1. The van der Waals surface area contributed by atoms with E-state index >= 15 is 0 Å². The van der Waals surface area contributed by atoms with Crippen molar-refractivity contribution in [2.75, 3.05) is 14.2 Å². The van der Waals surface area contributed by atoms with Crippen LogP contribution in [0.15, 0.2) is 59.5 Å². The summed E-state index contributed by atoms with van der Waals surface area (Å²) in [4.78, 5) is -0.675. The van der Waals surface area contributed by atoms with Crippen molar-refractivity contribution in [1.82, 2.24) is 4.31 Å². The lowest BCUT2D eigenvalue weighted by Crippen LogP contribution is -2.27. The Kier molecular flexibility index (Phi) is 4.93. The molecule has 0 aromatic heterocycles. The highest BCUT2D eigenvalue weighted by Crippen LogP contribution is 2.24. The van der Waals surface area contributed by atoms with Crippen LogP contribution in [-0.2, 0) is 16.6 Å². The van der Waals surface area contributed by atoms with Crippen LogP contribution >= 0.6 is 0 Å². The molecule has 0 heterocycles. The smallest absolute Gasteiger partial charge is 0.246 e. The molecule has 0 saturated carbocycles. The highest BCUT2D eigenvalue weighted by Gasteiger charge is 2.25. The van der Waals surface area contributed by atoms with Crippen LogP contribution in [0, 0.1) is 11.6 Å². The second-order valence-electron chi connectivity index (χ2n) is 5.88. The number of hydrogen-bond acceptors (Lipinski definition) is 3. The first-order valence-electron chi connectivity index (χ1n) is 7.79. The predicted octanol–water partition coefficient (Wildman–Crippen LogP) is 3.95. The van der Waals surface area contributed by atoms with Crippen LogP contribution in [0.25, 0.3) is 10.8 Å². The molecule has 0 unspecified atom stereocenters. The topological polar surface area (TPSA) is 46.6 Å². The molecule has 0 N–H and O–H groups in total. The Bertz CT molecular complexity index is 1070. The lowest BCUT2D eigenvalue weighted by Gasteiger charge is -2.18. The zero-order chi connectivity index (χ0) is 18.9. The normalized spacial score (nSPS) is 11.9. The highest BCUT2D eigenvalue weighted by molar-refractivity contribution is 7.89. The lowest BCUT2D eigenvalue weighted by molar-refractivity contribution is 0.415. The van der Waals surface area contributed by atoms with Gasteiger partial charge < -0.3 is 4.74 Å². The molecular formula is C19H17F2NO3S. The molecule has 0 fully saturated rings. The number of fused-ring (bicyclic) bond motifs is 1. The number of benzene rings is 3. The van der Waals surface area contributed by atoms with Crippen molar-refractivity contribution >= 4 is 20.8 Å². The quantitative estimate of drug-likeness (QED) is 0.676. The van der Waals surface area contributed by atoms with Gasteiger partial charge in [0, 0.05) is 13.6 Å². The monoisotopic (exact) mass is 377 g/mol. The molecule has 0 aliphatic rings. The molecule has 26 heavy (non-hydrogen) atoms. The molecule has 4 nitrogen and oxygen atoms in total. The zero-order valence-electron chi connectivity index (χ0n) is 14.2.